The monoisotopic (exact) mass is 237 g/mol. The maximum Gasteiger partial charge on any atom is 0.0434 e. The van der Waals surface area contributed by atoms with Crippen molar-refractivity contribution >= 4 is 31.9 Å². The van der Waals surface area contributed by atoms with Gasteiger partial charge in [0.2, 0.25) is 0 Å². The summed E-state index contributed by atoms with van der Waals surface area (Å²) in [5.41, 5.74) is 1.19. The van der Waals surface area contributed by atoms with Crippen LogP contribution in [0.25, 0.3) is 0 Å². The van der Waals surface area contributed by atoms with E-state index >= 15 is 0 Å². The van der Waals surface area contributed by atoms with Gasteiger partial charge in [0.1, 0.15) is 0 Å². The van der Waals surface area contributed by atoms with E-state index in [1.807, 2.05) is 12.3 Å². The maximum absolute atomic E-state index is 3.32. The molecule has 0 bridgehead atoms. The Hall–Kier alpha value is 0.240. The van der Waals surface area contributed by atoms with Crippen molar-refractivity contribution in [2.75, 3.05) is 0 Å². The third kappa shape index (κ3) is 1.36. The number of alkyl halides is 1. The van der Waals surface area contributed by atoms with Crippen molar-refractivity contribution < 1.29 is 0 Å². The summed E-state index contributed by atoms with van der Waals surface area (Å²) >= 11 is 6.64. The molecule has 1 rings (SSSR count). The molecule has 0 amide bonds. The first-order valence-electron chi connectivity index (χ1n) is 2.21. The molecular formula is C5H5Br2N. The number of halogens is 2. The molecule has 1 nitrogen and oxygen atoms in total. The fourth-order valence-corrected chi connectivity index (χ4v) is 1.20. The normalized spacial score (nSPS) is 9.75. The zero-order chi connectivity index (χ0) is 5.98. The van der Waals surface area contributed by atoms with Crippen LogP contribution in [0.2, 0.25) is 0 Å². The molecule has 0 saturated carbocycles. The lowest BCUT2D eigenvalue weighted by Crippen LogP contribution is -1.69. The molecule has 44 valence electrons. The Labute approximate surface area is 64.7 Å². The van der Waals surface area contributed by atoms with E-state index in [4.69, 9.17) is 0 Å². The molecule has 0 aliphatic rings. The Morgan fingerprint density at radius 1 is 1.62 bits per heavy atom. The van der Waals surface area contributed by atoms with Gasteiger partial charge in [-0.2, -0.15) is 0 Å². The Bertz CT molecular complexity index is 171. The van der Waals surface area contributed by atoms with Crippen molar-refractivity contribution in [2.24, 2.45) is 0 Å². The summed E-state index contributed by atoms with van der Waals surface area (Å²) in [6, 6.07) is 2.04. The fraction of sp³-hybridized carbons (Fsp3) is 0.200. The average Bonchev–Trinajstić information content (AvgIpc) is 2.14. The summed E-state index contributed by atoms with van der Waals surface area (Å²) in [5.74, 6) is 0. The first-order valence-corrected chi connectivity index (χ1v) is 4.13. The minimum atomic E-state index is 0.888. The number of rotatable bonds is 1. The molecule has 0 unspecified atom stereocenters. The summed E-state index contributed by atoms with van der Waals surface area (Å²) in [7, 11) is 0. The molecule has 0 spiro atoms. The molecule has 1 N–H and O–H groups in total. The molecule has 0 aromatic carbocycles. The largest absolute Gasteiger partial charge is 0.363 e. The molecule has 8 heavy (non-hydrogen) atoms. The average molecular weight is 239 g/mol. The second kappa shape index (κ2) is 2.69. The summed E-state index contributed by atoms with van der Waals surface area (Å²) in [5, 5.41) is 0.888. The van der Waals surface area contributed by atoms with Gasteiger partial charge < -0.3 is 4.98 Å². The molecule has 0 fully saturated rings. The van der Waals surface area contributed by atoms with Crippen molar-refractivity contribution in [3.8, 4) is 0 Å². The molecule has 1 aromatic rings. The van der Waals surface area contributed by atoms with Crippen LogP contribution in [0.1, 0.15) is 5.69 Å². The first-order chi connectivity index (χ1) is 3.83. The summed E-state index contributed by atoms with van der Waals surface area (Å²) < 4.78 is 1.10. The van der Waals surface area contributed by atoms with Gasteiger partial charge in [-0.1, -0.05) is 15.9 Å². The van der Waals surface area contributed by atoms with Gasteiger partial charge in [0.15, 0.2) is 0 Å². The molecule has 0 aliphatic carbocycles. The van der Waals surface area contributed by atoms with Gasteiger partial charge in [-0.3, -0.25) is 0 Å². The highest BCUT2D eigenvalue weighted by Gasteiger charge is 1.90. The molecule has 0 aliphatic heterocycles. The van der Waals surface area contributed by atoms with E-state index in [0.717, 1.165) is 9.80 Å². The molecule has 0 radical (unpaired) electrons. The van der Waals surface area contributed by atoms with Gasteiger partial charge in [0.25, 0.3) is 0 Å². The molecular weight excluding hydrogens is 234 g/mol. The molecule has 1 heterocycles. The quantitative estimate of drug-likeness (QED) is 0.725. The van der Waals surface area contributed by atoms with Crippen molar-refractivity contribution in [1.82, 2.24) is 4.98 Å². The summed E-state index contributed by atoms with van der Waals surface area (Å²) in [6.07, 6.45) is 1.91. The highest BCUT2D eigenvalue weighted by atomic mass is 79.9. The zero-order valence-electron chi connectivity index (χ0n) is 4.12. The minimum absolute atomic E-state index is 0.888. The van der Waals surface area contributed by atoms with E-state index in [1.54, 1.807) is 0 Å². The van der Waals surface area contributed by atoms with Crippen LogP contribution in [-0.2, 0) is 5.33 Å². The topological polar surface area (TPSA) is 15.8 Å². The van der Waals surface area contributed by atoms with Crippen LogP contribution in [0.15, 0.2) is 16.7 Å². The highest BCUT2D eigenvalue weighted by Crippen LogP contribution is 2.12. The number of nitrogens with one attached hydrogen (secondary N) is 1. The van der Waals surface area contributed by atoms with E-state index in [0.29, 0.717) is 0 Å². The zero-order valence-corrected chi connectivity index (χ0v) is 7.29. The van der Waals surface area contributed by atoms with Crippen molar-refractivity contribution in [1.29, 1.82) is 0 Å². The van der Waals surface area contributed by atoms with Crippen LogP contribution < -0.4 is 0 Å². The Balaban J connectivity index is 2.84. The van der Waals surface area contributed by atoms with Crippen LogP contribution in [0.3, 0.4) is 0 Å². The lowest BCUT2D eigenvalue weighted by molar-refractivity contribution is 1.25. The minimum Gasteiger partial charge on any atom is -0.363 e. The Morgan fingerprint density at radius 3 is 2.62 bits per heavy atom. The molecule has 0 saturated heterocycles. The number of hydrogen-bond donors (Lipinski definition) is 1. The van der Waals surface area contributed by atoms with Gasteiger partial charge in [0.05, 0.1) is 0 Å². The van der Waals surface area contributed by atoms with Crippen molar-refractivity contribution in [3.63, 3.8) is 0 Å². The second-order valence-electron chi connectivity index (χ2n) is 1.48. The predicted octanol–water partition coefficient (Wildman–Crippen LogP) is 2.67. The number of aromatic nitrogens is 1. The van der Waals surface area contributed by atoms with E-state index in [-0.39, 0.29) is 0 Å². The Kier molecular flexibility index (Phi) is 2.14. The lowest BCUT2D eigenvalue weighted by atomic mass is 10.5. The van der Waals surface area contributed by atoms with E-state index in [9.17, 15) is 0 Å². The molecule has 3 heteroatoms. The summed E-state index contributed by atoms with van der Waals surface area (Å²) in [4.78, 5) is 3.06. The van der Waals surface area contributed by atoms with E-state index in [1.165, 1.54) is 5.69 Å². The van der Waals surface area contributed by atoms with Gasteiger partial charge >= 0.3 is 0 Å². The standard InChI is InChI=1S/C5H5Br2N/c6-2-5-1-4(7)3-8-5/h1,3,8H,2H2. The second-order valence-corrected chi connectivity index (χ2v) is 2.95. The highest BCUT2D eigenvalue weighted by molar-refractivity contribution is 9.10. The maximum atomic E-state index is 3.32. The van der Waals surface area contributed by atoms with E-state index < -0.39 is 0 Å². The summed E-state index contributed by atoms with van der Waals surface area (Å²) in [6.45, 7) is 0. The van der Waals surface area contributed by atoms with Gasteiger partial charge in [0, 0.05) is 21.7 Å². The van der Waals surface area contributed by atoms with Gasteiger partial charge in [-0.15, -0.1) is 0 Å². The van der Waals surface area contributed by atoms with Crippen LogP contribution >= 0.6 is 31.9 Å². The van der Waals surface area contributed by atoms with Crippen molar-refractivity contribution in [2.45, 2.75) is 5.33 Å². The van der Waals surface area contributed by atoms with Crippen LogP contribution in [-0.4, -0.2) is 4.98 Å². The number of aromatic amines is 1. The van der Waals surface area contributed by atoms with Crippen LogP contribution in [0.4, 0.5) is 0 Å². The fourth-order valence-electron chi connectivity index (χ4n) is 0.489. The smallest absolute Gasteiger partial charge is 0.0434 e. The van der Waals surface area contributed by atoms with E-state index in [2.05, 4.69) is 36.8 Å². The Morgan fingerprint density at radius 2 is 2.38 bits per heavy atom. The van der Waals surface area contributed by atoms with Crippen LogP contribution in [0, 0.1) is 0 Å². The van der Waals surface area contributed by atoms with Gasteiger partial charge in [-0.05, 0) is 22.0 Å². The molecule has 0 atom stereocenters. The SMILES string of the molecule is BrCc1cc(Br)c[nH]1. The third-order valence-corrected chi connectivity index (χ3v) is 1.91. The van der Waals surface area contributed by atoms with Crippen molar-refractivity contribution in [3.05, 3.63) is 22.4 Å². The molecule has 1 aromatic heterocycles. The number of hydrogen-bond acceptors (Lipinski definition) is 0. The third-order valence-electron chi connectivity index (χ3n) is 0.852. The number of H-pyrrole nitrogens is 1. The lowest BCUT2D eigenvalue weighted by Gasteiger charge is -1.80. The van der Waals surface area contributed by atoms with Crippen LogP contribution in [0.5, 0.6) is 0 Å². The predicted molar refractivity (Wildman–Crippen MR) is 41.1 cm³/mol. The first kappa shape index (κ1) is 6.36. The van der Waals surface area contributed by atoms with Gasteiger partial charge in [-0.25, -0.2) is 0 Å².